The standard InChI is InChI=1S/C24H27N3O11P2/c28-20-11-12-27(24(31)26-20)23-22(30)18(13-21(29)25-17-9-5-2-6-10-17)19(37-23)14-36-40(34,35)38-39(32,33)15-16-7-3-1-4-8-16/h1-12,18-19,22-23,30H,13-15H2,(H,25,29)(H,32,33)(H,34,35)(H,26,28,31)/t18?,19-,22+,23-/m1/s1. The molecule has 1 aliphatic heterocycles. The van der Waals surface area contributed by atoms with E-state index < -0.39 is 69.7 Å². The molecule has 3 aromatic rings. The molecule has 16 heteroatoms. The van der Waals surface area contributed by atoms with E-state index in [-0.39, 0.29) is 6.42 Å². The number of H-pyrrole nitrogens is 1. The second-order valence-corrected chi connectivity index (χ2v) is 12.4. The van der Waals surface area contributed by atoms with Gasteiger partial charge in [0.25, 0.3) is 5.56 Å². The summed E-state index contributed by atoms with van der Waals surface area (Å²) in [6, 6.07) is 17.5. The Morgan fingerprint density at radius 2 is 1.68 bits per heavy atom. The lowest BCUT2D eigenvalue weighted by Crippen LogP contribution is -2.36. The van der Waals surface area contributed by atoms with E-state index in [1.54, 1.807) is 48.5 Å². The molecule has 14 nitrogen and oxygen atoms in total. The third kappa shape index (κ3) is 7.94. The molecule has 0 bridgehead atoms. The summed E-state index contributed by atoms with van der Waals surface area (Å²) in [7, 11) is -9.77. The normalized spacial score (nSPS) is 23.7. The number of aliphatic hydroxyl groups excluding tert-OH is 1. The number of hydrogen-bond donors (Lipinski definition) is 5. The first-order chi connectivity index (χ1) is 18.9. The van der Waals surface area contributed by atoms with Gasteiger partial charge in [0.1, 0.15) is 6.10 Å². The topological polar surface area (TPSA) is 206 Å². The molecule has 40 heavy (non-hydrogen) atoms. The van der Waals surface area contributed by atoms with Gasteiger partial charge in [0.2, 0.25) is 5.91 Å². The van der Waals surface area contributed by atoms with Crippen LogP contribution in [0.15, 0.2) is 82.5 Å². The van der Waals surface area contributed by atoms with E-state index in [0.717, 1.165) is 16.8 Å². The highest BCUT2D eigenvalue weighted by Crippen LogP contribution is 2.61. The van der Waals surface area contributed by atoms with Crippen LogP contribution in [0.3, 0.4) is 0 Å². The van der Waals surface area contributed by atoms with Gasteiger partial charge in [-0.15, -0.1) is 0 Å². The van der Waals surface area contributed by atoms with E-state index in [1.165, 1.54) is 12.1 Å². The quantitative estimate of drug-likeness (QED) is 0.203. The fraction of sp³-hybridized carbons (Fsp3) is 0.292. The summed E-state index contributed by atoms with van der Waals surface area (Å²) in [4.78, 5) is 58.8. The zero-order valence-corrected chi connectivity index (χ0v) is 22.6. The molecular weight excluding hydrogens is 568 g/mol. The minimum Gasteiger partial charge on any atom is -0.388 e. The fourth-order valence-electron chi connectivity index (χ4n) is 4.21. The summed E-state index contributed by atoms with van der Waals surface area (Å²) in [5, 5.41) is 13.7. The highest BCUT2D eigenvalue weighted by Gasteiger charge is 2.47. The van der Waals surface area contributed by atoms with Gasteiger partial charge in [0.05, 0.1) is 18.9 Å². The molecule has 5 N–H and O–H groups in total. The van der Waals surface area contributed by atoms with Crippen LogP contribution in [0.2, 0.25) is 0 Å². The lowest BCUT2D eigenvalue weighted by molar-refractivity contribution is -0.118. The first-order valence-corrected chi connectivity index (χ1v) is 15.2. The Kier molecular flexibility index (Phi) is 9.34. The highest BCUT2D eigenvalue weighted by molar-refractivity contribution is 7.63. The number of rotatable bonds is 11. The molecule has 1 amide bonds. The number of phosphoric acid groups is 1. The molecule has 0 radical (unpaired) electrons. The van der Waals surface area contributed by atoms with Crippen molar-refractivity contribution in [2.45, 2.75) is 31.0 Å². The van der Waals surface area contributed by atoms with Gasteiger partial charge in [-0.3, -0.25) is 28.2 Å². The van der Waals surface area contributed by atoms with Crippen molar-refractivity contribution < 1.29 is 42.4 Å². The number of para-hydroxylation sites is 1. The van der Waals surface area contributed by atoms with Crippen LogP contribution in [0, 0.1) is 5.92 Å². The van der Waals surface area contributed by atoms with Gasteiger partial charge in [-0.05, 0) is 17.7 Å². The number of hydrogen-bond acceptors (Lipinski definition) is 9. The van der Waals surface area contributed by atoms with E-state index in [9.17, 15) is 38.4 Å². The summed E-state index contributed by atoms with van der Waals surface area (Å²) in [5.74, 6) is -1.61. The first kappa shape index (κ1) is 29.8. The number of aromatic nitrogens is 2. The molecule has 4 rings (SSSR count). The van der Waals surface area contributed by atoms with Gasteiger partial charge >= 0.3 is 21.1 Å². The van der Waals surface area contributed by atoms with Crippen LogP contribution < -0.4 is 16.6 Å². The van der Waals surface area contributed by atoms with Crippen molar-refractivity contribution in [3.8, 4) is 0 Å². The Morgan fingerprint density at radius 3 is 2.33 bits per heavy atom. The summed E-state index contributed by atoms with van der Waals surface area (Å²) in [5.41, 5.74) is -0.722. The molecule has 1 fully saturated rings. The average molecular weight is 595 g/mol. The number of carbonyl (C=O) groups excluding carboxylic acids is 1. The maximum absolute atomic E-state index is 12.7. The predicted molar refractivity (Wildman–Crippen MR) is 141 cm³/mol. The third-order valence-electron chi connectivity index (χ3n) is 5.98. The molecule has 1 saturated heterocycles. The predicted octanol–water partition coefficient (Wildman–Crippen LogP) is 1.96. The maximum atomic E-state index is 12.7. The van der Waals surface area contributed by atoms with Gasteiger partial charge in [-0.25, -0.2) is 13.7 Å². The van der Waals surface area contributed by atoms with E-state index in [2.05, 4.69) is 9.63 Å². The Labute approximate surface area is 227 Å². The molecule has 0 saturated carbocycles. The summed E-state index contributed by atoms with van der Waals surface area (Å²) < 4.78 is 41.2. The smallest absolute Gasteiger partial charge is 0.388 e. The SMILES string of the molecule is O=C(CC1[C@@H](COP(=O)(O)OP(=O)(O)Cc2ccccc2)O[C@@H](n2ccc(=O)[nH]c2=O)[C@H]1O)Nc1ccccc1. The van der Waals surface area contributed by atoms with Gasteiger partial charge in [-0.1, -0.05) is 48.5 Å². The number of nitrogens with one attached hydrogen (secondary N) is 2. The van der Waals surface area contributed by atoms with Crippen molar-refractivity contribution >= 4 is 27.0 Å². The zero-order chi connectivity index (χ0) is 28.9. The zero-order valence-electron chi connectivity index (χ0n) is 20.8. The second kappa shape index (κ2) is 12.5. The largest absolute Gasteiger partial charge is 0.479 e. The number of benzene rings is 2. The third-order valence-corrected chi connectivity index (χ3v) is 9.07. The van der Waals surface area contributed by atoms with Crippen molar-refractivity contribution in [1.29, 1.82) is 0 Å². The van der Waals surface area contributed by atoms with Crippen molar-refractivity contribution in [3.05, 3.63) is 99.3 Å². The number of aromatic amines is 1. The van der Waals surface area contributed by atoms with Gasteiger partial charge < -0.3 is 24.9 Å². The Morgan fingerprint density at radius 1 is 1.02 bits per heavy atom. The summed E-state index contributed by atoms with van der Waals surface area (Å²) in [6.45, 7) is -0.756. The average Bonchev–Trinajstić information content (AvgIpc) is 3.18. The summed E-state index contributed by atoms with van der Waals surface area (Å²) in [6.07, 6.45) is -3.97. The van der Waals surface area contributed by atoms with Gasteiger partial charge in [-0.2, -0.15) is 0 Å². The first-order valence-electron chi connectivity index (χ1n) is 12.0. The number of phosphoric ester groups is 1. The molecule has 3 unspecified atom stereocenters. The van der Waals surface area contributed by atoms with E-state index in [0.29, 0.717) is 11.3 Å². The van der Waals surface area contributed by atoms with Crippen LogP contribution >= 0.6 is 15.4 Å². The second-order valence-electron chi connectivity index (χ2n) is 8.98. The van der Waals surface area contributed by atoms with E-state index in [1.807, 2.05) is 4.98 Å². The molecule has 2 heterocycles. The fourth-order valence-corrected chi connectivity index (χ4v) is 6.92. The lowest BCUT2D eigenvalue weighted by Gasteiger charge is -2.21. The number of amides is 1. The molecule has 0 aliphatic carbocycles. The maximum Gasteiger partial charge on any atom is 0.479 e. The van der Waals surface area contributed by atoms with Crippen molar-refractivity contribution in [2.75, 3.05) is 11.9 Å². The Hall–Kier alpha value is -3.19. The van der Waals surface area contributed by atoms with Crippen LogP contribution in [0.5, 0.6) is 0 Å². The molecule has 2 aromatic carbocycles. The Bertz CT molecular complexity index is 1530. The van der Waals surface area contributed by atoms with Crippen molar-refractivity contribution in [3.63, 3.8) is 0 Å². The van der Waals surface area contributed by atoms with E-state index >= 15 is 0 Å². The lowest BCUT2D eigenvalue weighted by atomic mass is 9.94. The molecule has 214 valence electrons. The number of ether oxygens (including phenoxy) is 1. The highest BCUT2D eigenvalue weighted by atomic mass is 31.3. The number of nitrogens with zero attached hydrogens (tertiary/aromatic N) is 1. The van der Waals surface area contributed by atoms with Crippen LogP contribution in [0.4, 0.5) is 5.69 Å². The number of aliphatic hydroxyl groups is 1. The molecular formula is C24H27N3O11P2. The van der Waals surface area contributed by atoms with Crippen molar-refractivity contribution in [2.24, 2.45) is 5.92 Å². The van der Waals surface area contributed by atoms with Gasteiger partial charge in [0, 0.05) is 30.3 Å². The molecule has 0 spiro atoms. The minimum absolute atomic E-state index is 0.359. The van der Waals surface area contributed by atoms with Crippen molar-refractivity contribution in [1.82, 2.24) is 9.55 Å². The Balaban J connectivity index is 1.49. The van der Waals surface area contributed by atoms with Crippen LogP contribution in [-0.4, -0.2) is 49.2 Å². The van der Waals surface area contributed by atoms with Gasteiger partial charge in [0.15, 0.2) is 6.23 Å². The van der Waals surface area contributed by atoms with Crippen LogP contribution in [0.25, 0.3) is 0 Å². The minimum atomic E-state index is -5.14. The molecule has 6 atom stereocenters. The van der Waals surface area contributed by atoms with E-state index in [4.69, 9.17) is 9.26 Å². The molecule has 1 aromatic heterocycles. The number of carbonyl (C=O) groups is 1. The monoisotopic (exact) mass is 595 g/mol. The van der Waals surface area contributed by atoms with Crippen LogP contribution in [0.1, 0.15) is 18.2 Å². The molecule has 1 aliphatic rings. The number of anilines is 1. The van der Waals surface area contributed by atoms with Crippen LogP contribution in [-0.2, 0) is 33.7 Å². The summed E-state index contributed by atoms with van der Waals surface area (Å²) >= 11 is 0.